The first kappa shape index (κ1) is 12.6. The molecular weight excluding hydrogens is 253 g/mol. The van der Waals surface area contributed by atoms with Crippen molar-refractivity contribution in [2.75, 3.05) is 18.0 Å². The summed E-state index contributed by atoms with van der Waals surface area (Å²) < 4.78 is 14.7. The second-order valence-electron chi connectivity index (χ2n) is 4.81. The fourth-order valence-electron chi connectivity index (χ4n) is 2.25. The maximum absolute atomic E-state index is 14.7. The van der Waals surface area contributed by atoms with Gasteiger partial charge in [0.15, 0.2) is 5.67 Å². The Balaban J connectivity index is 1.74. The lowest BCUT2D eigenvalue weighted by atomic mass is 10.1. The van der Waals surface area contributed by atoms with Crippen molar-refractivity contribution in [1.29, 1.82) is 0 Å². The number of aromatic nitrogens is 2. The fourth-order valence-corrected chi connectivity index (χ4v) is 2.25. The van der Waals surface area contributed by atoms with E-state index in [-0.39, 0.29) is 6.54 Å². The highest BCUT2D eigenvalue weighted by molar-refractivity contribution is 5.47. The molecule has 100 valence electrons. The van der Waals surface area contributed by atoms with Gasteiger partial charge in [0.25, 0.3) is 0 Å². The molecule has 2 aromatic rings. The SMILES string of the molecule is FC1(C#Cc2ccccn2)CCN(c2cccnc2)C1. The molecule has 1 aliphatic heterocycles. The molecular formula is C16H14FN3. The summed E-state index contributed by atoms with van der Waals surface area (Å²) in [7, 11) is 0. The Bertz CT molecular complexity index is 633. The summed E-state index contributed by atoms with van der Waals surface area (Å²) >= 11 is 0. The smallest absolute Gasteiger partial charge is 0.190 e. The molecule has 0 radical (unpaired) electrons. The van der Waals surface area contributed by atoms with Crippen molar-refractivity contribution in [1.82, 2.24) is 9.97 Å². The van der Waals surface area contributed by atoms with E-state index in [1.807, 2.05) is 29.2 Å². The normalized spacial score (nSPS) is 21.4. The summed E-state index contributed by atoms with van der Waals surface area (Å²) in [6.45, 7) is 0.928. The molecule has 3 rings (SSSR count). The van der Waals surface area contributed by atoms with Crippen LogP contribution in [0.25, 0.3) is 0 Å². The number of hydrogen-bond acceptors (Lipinski definition) is 3. The van der Waals surface area contributed by atoms with Gasteiger partial charge < -0.3 is 4.90 Å². The van der Waals surface area contributed by atoms with Crippen molar-refractivity contribution in [3.8, 4) is 11.8 Å². The maximum atomic E-state index is 14.7. The average Bonchev–Trinajstić information content (AvgIpc) is 2.90. The number of hydrogen-bond donors (Lipinski definition) is 0. The van der Waals surface area contributed by atoms with Gasteiger partial charge in [-0.15, -0.1) is 0 Å². The van der Waals surface area contributed by atoms with Crippen molar-refractivity contribution in [3.05, 3.63) is 54.6 Å². The minimum absolute atomic E-state index is 0.276. The van der Waals surface area contributed by atoms with Gasteiger partial charge in [-0.25, -0.2) is 9.37 Å². The van der Waals surface area contributed by atoms with Gasteiger partial charge in [-0.1, -0.05) is 12.0 Å². The van der Waals surface area contributed by atoms with Crippen molar-refractivity contribution in [2.45, 2.75) is 12.1 Å². The first-order chi connectivity index (χ1) is 9.75. The molecule has 20 heavy (non-hydrogen) atoms. The predicted molar refractivity (Wildman–Crippen MR) is 76.0 cm³/mol. The Hall–Kier alpha value is -2.41. The van der Waals surface area contributed by atoms with E-state index in [4.69, 9.17) is 0 Å². The summed E-state index contributed by atoms with van der Waals surface area (Å²) in [6.07, 6.45) is 5.52. The van der Waals surface area contributed by atoms with E-state index in [1.54, 1.807) is 24.7 Å². The second kappa shape index (κ2) is 5.30. The third-order valence-corrected chi connectivity index (χ3v) is 3.31. The lowest BCUT2D eigenvalue weighted by molar-refractivity contribution is 0.274. The van der Waals surface area contributed by atoms with E-state index < -0.39 is 5.67 Å². The highest BCUT2D eigenvalue weighted by Crippen LogP contribution is 2.28. The lowest BCUT2D eigenvalue weighted by Crippen LogP contribution is -2.27. The van der Waals surface area contributed by atoms with Crippen LogP contribution in [0.15, 0.2) is 48.9 Å². The zero-order chi connectivity index (χ0) is 13.8. The van der Waals surface area contributed by atoms with Gasteiger partial charge in [0.1, 0.15) is 5.69 Å². The zero-order valence-corrected chi connectivity index (χ0v) is 11.0. The summed E-state index contributed by atoms with van der Waals surface area (Å²) in [4.78, 5) is 10.1. The van der Waals surface area contributed by atoms with Crippen molar-refractivity contribution in [2.24, 2.45) is 0 Å². The van der Waals surface area contributed by atoms with Crippen molar-refractivity contribution < 1.29 is 4.39 Å². The molecule has 0 aliphatic carbocycles. The van der Waals surface area contributed by atoms with E-state index in [0.717, 1.165) is 5.69 Å². The number of anilines is 1. The minimum Gasteiger partial charge on any atom is -0.366 e. The molecule has 0 aromatic carbocycles. The monoisotopic (exact) mass is 267 g/mol. The van der Waals surface area contributed by atoms with E-state index >= 15 is 0 Å². The molecule has 1 aliphatic rings. The third kappa shape index (κ3) is 2.77. The zero-order valence-electron chi connectivity index (χ0n) is 11.0. The Kier molecular flexibility index (Phi) is 3.34. The quantitative estimate of drug-likeness (QED) is 0.743. The van der Waals surface area contributed by atoms with E-state index in [2.05, 4.69) is 21.8 Å². The van der Waals surface area contributed by atoms with Crippen LogP contribution >= 0.6 is 0 Å². The molecule has 1 fully saturated rings. The Labute approximate surface area is 117 Å². The molecule has 1 atom stereocenters. The Morgan fingerprint density at radius 3 is 2.90 bits per heavy atom. The van der Waals surface area contributed by atoms with E-state index in [0.29, 0.717) is 18.7 Å². The van der Waals surface area contributed by atoms with Gasteiger partial charge in [0.05, 0.1) is 18.4 Å². The van der Waals surface area contributed by atoms with Gasteiger partial charge in [-0.3, -0.25) is 4.98 Å². The van der Waals surface area contributed by atoms with Crippen molar-refractivity contribution >= 4 is 5.69 Å². The van der Waals surface area contributed by atoms with Crippen molar-refractivity contribution in [3.63, 3.8) is 0 Å². The summed E-state index contributed by atoms with van der Waals surface area (Å²) in [5.74, 6) is 5.55. The average molecular weight is 267 g/mol. The van der Waals surface area contributed by atoms with Crippen LogP contribution in [0.4, 0.5) is 10.1 Å². The first-order valence-electron chi connectivity index (χ1n) is 6.53. The third-order valence-electron chi connectivity index (χ3n) is 3.31. The molecule has 0 amide bonds. The lowest BCUT2D eigenvalue weighted by Gasteiger charge is -2.18. The highest BCUT2D eigenvalue weighted by Gasteiger charge is 2.36. The van der Waals surface area contributed by atoms with Gasteiger partial charge in [-0.2, -0.15) is 0 Å². The van der Waals surface area contributed by atoms with Crippen LogP contribution in [0, 0.1) is 11.8 Å². The van der Waals surface area contributed by atoms with Gasteiger partial charge >= 0.3 is 0 Å². The number of nitrogens with zero attached hydrogens (tertiary/aromatic N) is 3. The van der Waals surface area contributed by atoms with Gasteiger partial charge in [-0.05, 0) is 30.2 Å². The van der Waals surface area contributed by atoms with Crippen LogP contribution < -0.4 is 4.90 Å². The van der Waals surface area contributed by atoms with Crippen LogP contribution in [-0.2, 0) is 0 Å². The number of alkyl halides is 1. The largest absolute Gasteiger partial charge is 0.366 e. The maximum Gasteiger partial charge on any atom is 0.190 e. The minimum atomic E-state index is -1.48. The standard InChI is InChI=1S/C16H14FN3/c17-16(7-6-14-4-1-2-10-19-14)8-11-20(13-16)15-5-3-9-18-12-15/h1-5,9-10,12H,8,11,13H2. The first-order valence-corrected chi connectivity index (χ1v) is 6.53. The molecule has 0 N–H and O–H groups in total. The van der Waals surface area contributed by atoms with E-state index in [1.165, 1.54) is 0 Å². The van der Waals surface area contributed by atoms with Gasteiger partial charge in [0.2, 0.25) is 0 Å². The van der Waals surface area contributed by atoms with Crippen LogP contribution in [0.3, 0.4) is 0 Å². The van der Waals surface area contributed by atoms with Crippen LogP contribution in [0.5, 0.6) is 0 Å². The summed E-state index contributed by atoms with van der Waals surface area (Å²) in [6, 6.07) is 9.23. The van der Waals surface area contributed by atoms with Crippen LogP contribution in [0.1, 0.15) is 12.1 Å². The van der Waals surface area contributed by atoms with Gasteiger partial charge in [0, 0.05) is 25.4 Å². The molecule has 2 aromatic heterocycles. The molecule has 1 saturated heterocycles. The molecule has 3 heterocycles. The molecule has 1 unspecified atom stereocenters. The summed E-state index contributed by atoms with van der Waals surface area (Å²) in [5, 5.41) is 0. The Morgan fingerprint density at radius 2 is 2.15 bits per heavy atom. The highest BCUT2D eigenvalue weighted by atomic mass is 19.1. The number of halogens is 1. The molecule has 0 saturated carbocycles. The molecule has 4 heteroatoms. The molecule has 0 bridgehead atoms. The second-order valence-corrected chi connectivity index (χ2v) is 4.81. The predicted octanol–water partition coefficient (Wildman–Crippen LogP) is 2.45. The van der Waals surface area contributed by atoms with E-state index in [9.17, 15) is 4.39 Å². The molecule has 0 spiro atoms. The fraction of sp³-hybridized carbons (Fsp3) is 0.250. The summed E-state index contributed by atoms with van der Waals surface area (Å²) in [5.41, 5.74) is 0.0592. The molecule has 3 nitrogen and oxygen atoms in total. The number of pyridine rings is 2. The topological polar surface area (TPSA) is 29.0 Å². The van der Waals surface area contributed by atoms with Crippen LogP contribution in [-0.4, -0.2) is 28.7 Å². The van der Waals surface area contributed by atoms with Crippen LogP contribution in [0.2, 0.25) is 0 Å². The Morgan fingerprint density at radius 1 is 1.20 bits per heavy atom. The number of rotatable bonds is 1.